The van der Waals surface area contributed by atoms with E-state index >= 15 is 0 Å². The Morgan fingerprint density at radius 3 is 2.82 bits per heavy atom. The number of hydrogen-bond acceptors (Lipinski definition) is 2. The molecule has 1 N–H and O–H groups in total. The number of halogens is 2. The summed E-state index contributed by atoms with van der Waals surface area (Å²) in [5.41, 5.74) is 0.704. The van der Waals surface area contributed by atoms with Crippen LogP contribution in [0.5, 0.6) is 0 Å². The second kappa shape index (κ2) is 5.34. The van der Waals surface area contributed by atoms with Crippen LogP contribution >= 0.6 is 11.6 Å². The van der Waals surface area contributed by atoms with Crippen LogP contribution in [-0.2, 0) is 6.54 Å². The molecule has 0 radical (unpaired) electrons. The van der Waals surface area contributed by atoms with Gasteiger partial charge in [0.2, 0.25) is 0 Å². The molecule has 0 atom stereocenters. The highest BCUT2D eigenvalue weighted by Crippen LogP contribution is 2.29. The fourth-order valence-electron chi connectivity index (χ4n) is 1.56. The minimum Gasteiger partial charge on any atom is -0.460 e. The van der Waals surface area contributed by atoms with Crippen molar-refractivity contribution in [1.82, 2.24) is 5.32 Å². The van der Waals surface area contributed by atoms with Crippen molar-refractivity contribution in [3.05, 3.63) is 46.9 Å². The predicted octanol–water partition coefficient (Wildman–Crippen LogP) is 3.85. The largest absolute Gasteiger partial charge is 0.460 e. The van der Waals surface area contributed by atoms with E-state index in [0.717, 1.165) is 12.3 Å². The molecule has 4 heteroatoms. The van der Waals surface area contributed by atoms with Crippen molar-refractivity contribution in [3.63, 3.8) is 0 Å². The molecule has 0 saturated carbocycles. The summed E-state index contributed by atoms with van der Waals surface area (Å²) in [6, 6.07) is 7.99. The molecule has 0 spiro atoms. The zero-order valence-corrected chi connectivity index (χ0v) is 10.2. The van der Waals surface area contributed by atoms with Crippen LogP contribution in [-0.4, -0.2) is 6.54 Å². The average Bonchev–Trinajstić information content (AvgIpc) is 2.75. The number of furan rings is 1. The summed E-state index contributed by atoms with van der Waals surface area (Å²) in [4.78, 5) is 0. The number of hydrogen-bond donors (Lipinski definition) is 1. The maximum Gasteiger partial charge on any atom is 0.135 e. The van der Waals surface area contributed by atoms with Gasteiger partial charge in [-0.15, -0.1) is 0 Å². The molecule has 17 heavy (non-hydrogen) atoms. The summed E-state index contributed by atoms with van der Waals surface area (Å²) in [6.45, 7) is 3.59. The van der Waals surface area contributed by atoms with E-state index in [4.69, 9.17) is 16.0 Å². The molecule has 0 aliphatic heterocycles. The van der Waals surface area contributed by atoms with E-state index in [1.807, 2.05) is 19.1 Å². The highest BCUT2D eigenvalue weighted by molar-refractivity contribution is 6.33. The first-order valence-electron chi connectivity index (χ1n) is 5.45. The van der Waals surface area contributed by atoms with Gasteiger partial charge in [-0.05, 0) is 36.9 Å². The van der Waals surface area contributed by atoms with Gasteiger partial charge in [-0.25, -0.2) is 4.39 Å². The molecule has 90 valence electrons. The molecule has 0 aliphatic rings. The first-order valence-corrected chi connectivity index (χ1v) is 5.83. The van der Waals surface area contributed by atoms with Gasteiger partial charge in [-0.2, -0.15) is 0 Å². The van der Waals surface area contributed by atoms with Gasteiger partial charge < -0.3 is 9.73 Å². The second-order valence-electron chi connectivity index (χ2n) is 3.67. The molecule has 2 aromatic rings. The van der Waals surface area contributed by atoms with E-state index in [0.29, 0.717) is 22.9 Å². The number of benzene rings is 1. The van der Waals surface area contributed by atoms with Crippen LogP contribution in [0.4, 0.5) is 4.39 Å². The highest BCUT2D eigenvalue weighted by Gasteiger charge is 2.09. The summed E-state index contributed by atoms with van der Waals surface area (Å²) >= 11 is 5.96. The van der Waals surface area contributed by atoms with Crippen LogP contribution < -0.4 is 5.32 Å². The van der Waals surface area contributed by atoms with Gasteiger partial charge >= 0.3 is 0 Å². The first kappa shape index (κ1) is 12.1. The molecule has 0 amide bonds. The van der Waals surface area contributed by atoms with Gasteiger partial charge in [-0.1, -0.05) is 18.5 Å². The standard InChI is InChI=1S/C13H13ClFNO/c1-2-16-8-10-4-6-13(17-10)11-5-3-9(15)7-12(11)14/h3-7,16H,2,8H2,1H3. The molecule has 0 unspecified atom stereocenters. The van der Waals surface area contributed by atoms with E-state index in [9.17, 15) is 4.39 Å². The predicted molar refractivity (Wildman–Crippen MR) is 66.5 cm³/mol. The van der Waals surface area contributed by atoms with Gasteiger partial charge in [0.05, 0.1) is 11.6 Å². The third kappa shape index (κ3) is 2.87. The molecule has 0 fully saturated rings. The lowest BCUT2D eigenvalue weighted by Crippen LogP contribution is -2.10. The Morgan fingerprint density at radius 2 is 2.12 bits per heavy atom. The summed E-state index contributed by atoms with van der Waals surface area (Å²) in [7, 11) is 0. The lowest BCUT2D eigenvalue weighted by atomic mass is 10.2. The maximum absolute atomic E-state index is 12.9. The molecule has 0 aliphatic carbocycles. The summed E-state index contributed by atoms with van der Waals surface area (Å²) in [6.07, 6.45) is 0. The zero-order valence-electron chi connectivity index (χ0n) is 9.47. The highest BCUT2D eigenvalue weighted by atomic mass is 35.5. The summed E-state index contributed by atoms with van der Waals surface area (Å²) in [5.74, 6) is 1.14. The monoisotopic (exact) mass is 253 g/mol. The Labute approximate surface area is 104 Å². The fraction of sp³-hybridized carbons (Fsp3) is 0.231. The third-order valence-electron chi connectivity index (χ3n) is 2.41. The topological polar surface area (TPSA) is 25.2 Å². The van der Waals surface area contributed by atoms with E-state index in [-0.39, 0.29) is 5.82 Å². The van der Waals surface area contributed by atoms with Crippen molar-refractivity contribution in [2.45, 2.75) is 13.5 Å². The van der Waals surface area contributed by atoms with Crippen LogP contribution in [0.15, 0.2) is 34.7 Å². The molecule has 1 aromatic carbocycles. The quantitative estimate of drug-likeness (QED) is 0.895. The minimum absolute atomic E-state index is 0.349. The Hall–Kier alpha value is -1.32. The fourth-order valence-corrected chi connectivity index (χ4v) is 1.82. The van der Waals surface area contributed by atoms with Gasteiger partial charge in [0, 0.05) is 5.56 Å². The van der Waals surface area contributed by atoms with E-state index in [2.05, 4.69) is 5.32 Å². The van der Waals surface area contributed by atoms with Crippen molar-refractivity contribution in [3.8, 4) is 11.3 Å². The molecule has 2 nitrogen and oxygen atoms in total. The molecular weight excluding hydrogens is 241 g/mol. The van der Waals surface area contributed by atoms with Crippen LogP contribution in [0.2, 0.25) is 5.02 Å². The van der Waals surface area contributed by atoms with E-state index in [1.54, 1.807) is 6.07 Å². The zero-order chi connectivity index (χ0) is 12.3. The Balaban J connectivity index is 2.24. The van der Waals surface area contributed by atoms with Crippen LogP contribution in [0.3, 0.4) is 0 Å². The normalized spacial score (nSPS) is 10.8. The Bertz CT molecular complexity index is 510. The van der Waals surface area contributed by atoms with Crippen molar-refractivity contribution in [2.75, 3.05) is 6.54 Å². The molecule has 1 heterocycles. The van der Waals surface area contributed by atoms with Gasteiger partial charge in [0.25, 0.3) is 0 Å². The Kier molecular flexibility index (Phi) is 3.82. The number of rotatable bonds is 4. The average molecular weight is 254 g/mol. The molecule has 0 bridgehead atoms. The molecule has 2 rings (SSSR count). The molecule has 0 saturated heterocycles. The minimum atomic E-state index is -0.349. The van der Waals surface area contributed by atoms with Crippen LogP contribution in [0, 0.1) is 5.82 Å². The SMILES string of the molecule is CCNCc1ccc(-c2ccc(F)cc2Cl)o1. The van der Waals surface area contributed by atoms with Gasteiger partial charge in [0.1, 0.15) is 17.3 Å². The van der Waals surface area contributed by atoms with Gasteiger partial charge in [0.15, 0.2) is 0 Å². The third-order valence-corrected chi connectivity index (χ3v) is 2.72. The molecule has 1 aromatic heterocycles. The van der Waals surface area contributed by atoms with Crippen LogP contribution in [0.25, 0.3) is 11.3 Å². The number of nitrogens with one attached hydrogen (secondary N) is 1. The van der Waals surface area contributed by atoms with Crippen molar-refractivity contribution >= 4 is 11.6 Å². The summed E-state index contributed by atoms with van der Waals surface area (Å²) in [5, 5.41) is 3.52. The van der Waals surface area contributed by atoms with Crippen molar-refractivity contribution in [1.29, 1.82) is 0 Å². The Morgan fingerprint density at radius 1 is 1.29 bits per heavy atom. The first-order chi connectivity index (χ1) is 8.20. The summed E-state index contributed by atoms with van der Waals surface area (Å²) < 4.78 is 18.5. The van der Waals surface area contributed by atoms with Crippen molar-refractivity contribution < 1.29 is 8.81 Å². The van der Waals surface area contributed by atoms with E-state index < -0.39 is 0 Å². The molecular formula is C13H13ClFNO. The smallest absolute Gasteiger partial charge is 0.135 e. The van der Waals surface area contributed by atoms with Crippen LogP contribution in [0.1, 0.15) is 12.7 Å². The lowest BCUT2D eigenvalue weighted by Gasteiger charge is -2.01. The van der Waals surface area contributed by atoms with Crippen molar-refractivity contribution in [2.24, 2.45) is 0 Å². The van der Waals surface area contributed by atoms with Gasteiger partial charge in [-0.3, -0.25) is 0 Å². The second-order valence-corrected chi connectivity index (χ2v) is 4.08. The van der Waals surface area contributed by atoms with E-state index in [1.165, 1.54) is 12.1 Å². The maximum atomic E-state index is 12.9. The lowest BCUT2D eigenvalue weighted by molar-refractivity contribution is 0.498.